The fourth-order valence-corrected chi connectivity index (χ4v) is 8.13. The maximum Gasteiger partial charge on any atom is 0.407 e. The molecule has 0 aromatic heterocycles. The quantitative estimate of drug-likeness (QED) is 0.141. The largest absolute Gasteiger partial charge is 0.480 e. The number of nitrogens with one attached hydrogen (secondary N) is 2. The molecule has 2 amide bonds. The summed E-state index contributed by atoms with van der Waals surface area (Å²) in [5.41, 5.74) is 3.73. The maximum absolute atomic E-state index is 13.4. The fraction of sp³-hybridized carbons (Fsp3) is 0.533. The van der Waals surface area contributed by atoms with Gasteiger partial charge in [0, 0.05) is 54.4 Å². The Kier molecular flexibility index (Phi) is 18.0. The third-order valence-corrected chi connectivity index (χ3v) is 10.7. The predicted molar refractivity (Wildman–Crippen MR) is 225 cm³/mol. The van der Waals surface area contributed by atoms with Crippen LogP contribution in [0.4, 0.5) is 4.79 Å². The van der Waals surface area contributed by atoms with Gasteiger partial charge in [0.25, 0.3) is 0 Å². The van der Waals surface area contributed by atoms with Crippen molar-refractivity contribution in [2.45, 2.75) is 135 Å². The van der Waals surface area contributed by atoms with Crippen LogP contribution in [-0.4, -0.2) is 152 Å². The first-order valence-electron chi connectivity index (χ1n) is 21.3. The molecule has 1 aliphatic carbocycles. The zero-order valence-electron chi connectivity index (χ0n) is 38.4. The van der Waals surface area contributed by atoms with E-state index in [0.717, 1.165) is 70.7 Å². The Balaban J connectivity index is 1.49. The average molecular weight is 959 g/mol. The number of ether oxygens (including phenoxy) is 11. The van der Waals surface area contributed by atoms with E-state index in [0.29, 0.717) is 0 Å². The number of rotatable bonds is 18. The zero-order chi connectivity index (χ0) is 50.0. The number of carboxylic acids is 1. The molecule has 23 nitrogen and oxygen atoms in total. The molecule has 3 N–H and O–H groups in total. The van der Waals surface area contributed by atoms with Crippen molar-refractivity contribution in [3.63, 3.8) is 0 Å². The highest BCUT2D eigenvalue weighted by Crippen LogP contribution is 2.44. The van der Waals surface area contributed by atoms with Crippen LogP contribution < -0.4 is 10.6 Å². The lowest BCUT2D eigenvalue weighted by Gasteiger charge is -2.49. The monoisotopic (exact) mass is 958 g/mol. The minimum atomic E-state index is -1.94. The van der Waals surface area contributed by atoms with Crippen LogP contribution in [-0.2, 0) is 90.5 Å². The van der Waals surface area contributed by atoms with Crippen LogP contribution in [0.5, 0.6) is 0 Å². The standard InChI is InChI=1S/C45H54N2O21/c1-20(35(42(55)56)47-45(57)60-17-32-30-15-11-9-13-28(30)29-14-10-12-16-31(29)32)61-43-36(46-21(2)48)39(37(62-24(5)51)33(66-43)18-58-22(3)49)68-44-41(65-27(8)54)40(64-26(7)53)38(63-25(6)52)34(67-44)19-59-23(4)50/h9-16,20,32-41,43-44H,17-19H2,1-8H3,(H,46,48)(H,47,57)(H,55,56)/t20-,33-,34-,35-,36-,37+,38+,39-,40+,41-,43+,44+/m1/s1. The van der Waals surface area contributed by atoms with E-state index in [-0.39, 0.29) is 12.5 Å². The second-order valence-corrected chi connectivity index (χ2v) is 15.9. The van der Waals surface area contributed by atoms with Crippen LogP contribution in [0.15, 0.2) is 48.5 Å². The Morgan fingerprint density at radius 3 is 1.50 bits per heavy atom. The van der Waals surface area contributed by atoms with Crippen molar-refractivity contribution in [1.29, 1.82) is 0 Å². The molecule has 0 saturated carbocycles. The van der Waals surface area contributed by atoms with E-state index in [2.05, 4.69) is 10.6 Å². The fourth-order valence-electron chi connectivity index (χ4n) is 8.13. The first-order chi connectivity index (χ1) is 32.1. The maximum atomic E-state index is 13.4. The normalized spacial score (nSPS) is 25.9. The number of fused-ring (bicyclic) bond motifs is 3. The topological polar surface area (TPSA) is 299 Å². The smallest absolute Gasteiger partial charge is 0.407 e. The first-order valence-corrected chi connectivity index (χ1v) is 21.3. The van der Waals surface area contributed by atoms with Gasteiger partial charge in [-0.1, -0.05) is 48.5 Å². The molecule has 0 unspecified atom stereocenters. The SMILES string of the molecule is CC(=O)N[C@H]1[C@@H](O[C@H](C)[C@@H](NC(=O)OCC2c3ccccc3-c3ccccc32)C(=O)O)O[C@H](COC(C)=O)[C@H](OC(C)=O)[C@@H]1O[C@@H]1O[C@H](COC(C)=O)[C@H](OC(C)=O)[C@H](OC(C)=O)[C@H]1OC(C)=O. The number of esters is 6. The number of carbonyl (C=O) groups is 9. The summed E-state index contributed by atoms with van der Waals surface area (Å²) in [4.78, 5) is 114. The summed E-state index contributed by atoms with van der Waals surface area (Å²) in [7, 11) is 0. The van der Waals surface area contributed by atoms with E-state index in [9.17, 15) is 48.3 Å². The van der Waals surface area contributed by atoms with Crippen LogP contribution >= 0.6 is 0 Å². The lowest BCUT2D eigenvalue weighted by molar-refractivity contribution is -0.349. The van der Waals surface area contributed by atoms with E-state index in [4.69, 9.17) is 52.1 Å². The molecule has 2 heterocycles. The second-order valence-electron chi connectivity index (χ2n) is 15.9. The van der Waals surface area contributed by atoms with E-state index >= 15 is 0 Å². The average Bonchev–Trinajstić information content (AvgIpc) is 3.57. The molecule has 0 bridgehead atoms. The molecule has 68 heavy (non-hydrogen) atoms. The van der Waals surface area contributed by atoms with Gasteiger partial charge in [-0.05, 0) is 29.2 Å². The van der Waals surface area contributed by atoms with Crippen molar-refractivity contribution in [2.75, 3.05) is 19.8 Å². The number of carboxylic acid groups (broad SMARTS) is 1. The van der Waals surface area contributed by atoms with Crippen molar-refractivity contribution >= 4 is 53.8 Å². The van der Waals surface area contributed by atoms with E-state index in [1.54, 1.807) is 0 Å². The van der Waals surface area contributed by atoms with Crippen molar-refractivity contribution < 1.29 is 100 Å². The van der Waals surface area contributed by atoms with Gasteiger partial charge in [-0.3, -0.25) is 33.6 Å². The summed E-state index contributed by atoms with van der Waals surface area (Å²) in [6.07, 6.45) is -18.1. The second kappa shape index (κ2) is 23.4. The summed E-state index contributed by atoms with van der Waals surface area (Å²) < 4.78 is 63.1. The van der Waals surface area contributed by atoms with Gasteiger partial charge in [-0.25, -0.2) is 9.59 Å². The van der Waals surface area contributed by atoms with Gasteiger partial charge in [0.15, 0.2) is 43.0 Å². The molecule has 0 spiro atoms. The predicted octanol–water partition coefficient (Wildman–Crippen LogP) is 1.58. The summed E-state index contributed by atoms with van der Waals surface area (Å²) in [6.45, 7) is 7.00. The highest BCUT2D eigenvalue weighted by Gasteiger charge is 2.57. The van der Waals surface area contributed by atoms with Crippen molar-refractivity contribution in [3.8, 4) is 11.1 Å². The van der Waals surface area contributed by atoms with Gasteiger partial charge in [0.1, 0.15) is 44.2 Å². The van der Waals surface area contributed by atoms with Gasteiger partial charge in [0.05, 0.1) is 6.10 Å². The molecule has 23 heteroatoms. The number of carbonyl (C=O) groups excluding carboxylic acids is 8. The highest BCUT2D eigenvalue weighted by atomic mass is 16.8. The van der Waals surface area contributed by atoms with Gasteiger partial charge < -0.3 is 67.8 Å². The van der Waals surface area contributed by atoms with E-state index in [1.807, 2.05) is 48.5 Å². The molecular weight excluding hydrogens is 904 g/mol. The summed E-state index contributed by atoms with van der Waals surface area (Å²) in [5.74, 6) is -8.16. The molecule has 0 radical (unpaired) electrons. The summed E-state index contributed by atoms with van der Waals surface area (Å²) in [5, 5.41) is 15.3. The zero-order valence-corrected chi connectivity index (χ0v) is 38.4. The van der Waals surface area contributed by atoms with Crippen molar-refractivity contribution in [3.05, 3.63) is 59.7 Å². The number of hydrogen-bond acceptors (Lipinski definition) is 20. The molecule has 2 aliphatic heterocycles. The van der Waals surface area contributed by atoms with Crippen LogP contribution in [0.25, 0.3) is 11.1 Å². The Hall–Kier alpha value is -6.69. The summed E-state index contributed by atoms with van der Waals surface area (Å²) >= 11 is 0. The molecule has 2 fully saturated rings. The third kappa shape index (κ3) is 13.5. The lowest BCUT2D eigenvalue weighted by Crippen LogP contribution is -2.70. The number of hydrogen-bond donors (Lipinski definition) is 3. The molecule has 12 atom stereocenters. The number of aliphatic carboxylic acids is 1. The van der Waals surface area contributed by atoms with Gasteiger partial charge in [-0.2, -0.15) is 0 Å². The summed E-state index contributed by atoms with van der Waals surface area (Å²) in [6, 6.07) is 11.7. The van der Waals surface area contributed by atoms with E-state index in [1.165, 1.54) is 6.92 Å². The Morgan fingerprint density at radius 2 is 1.03 bits per heavy atom. The van der Waals surface area contributed by atoms with Crippen LogP contribution in [0.2, 0.25) is 0 Å². The molecule has 2 saturated heterocycles. The third-order valence-electron chi connectivity index (χ3n) is 10.7. The first kappa shape index (κ1) is 52.3. The molecular formula is C45H54N2O21. The molecule has 2 aromatic carbocycles. The Morgan fingerprint density at radius 1 is 0.574 bits per heavy atom. The van der Waals surface area contributed by atoms with Gasteiger partial charge in [0.2, 0.25) is 5.91 Å². The van der Waals surface area contributed by atoms with Crippen LogP contribution in [0, 0.1) is 0 Å². The lowest BCUT2D eigenvalue weighted by atomic mass is 9.94. The minimum Gasteiger partial charge on any atom is -0.480 e. The van der Waals surface area contributed by atoms with Gasteiger partial charge in [-0.15, -0.1) is 0 Å². The van der Waals surface area contributed by atoms with Crippen molar-refractivity contribution in [1.82, 2.24) is 10.6 Å². The molecule has 370 valence electrons. The molecule has 5 rings (SSSR count). The Labute approximate surface area is 389 Å². The van der Waals surface area contributed by atoms with E-state index < -0.39 is 140 Å². The molecule has 3 aliphatic rings. The number of amides is 2. The Bertz CT molecular complexity index is 2170. The minimum absolute atomic E-state index is 0.161. The van der Waals surface area contributed by atoms with Crippen molar-refractivity contribution in [2.24, 2.45) is 0 Å². The van der Waals surface area contributed by atoms with Crippen LogP contribution in [0.1, 0.15) is 72.4 Å². The van der Waals surface area contributed by atoms with Crippen LogP contribution in [0.3, 0.4) is 0 Å². The van der Waals surface area contributed by atoms with Gasteiger partial charge >= 0.3 is 47.9 Å². The number of benzene rings is 2. The highest BCUT2D eigenvalue weighted by molar-refractivity contribution is 5.81. The molecule has 2 aromatic rings. The number of alkyl carbamates (subject to hydrolysis) is 1.